The van der Waals surface area contributed by atoms with Crippen LogP contribution in [0.25, 0.3) is 0 Å². The Kier molecular flexibility index (Phi) is 4.96. The van der Waals surface area contributed by atoms with Crippen LogP contribution in [0.15, 0.2) is 36.4 Å². The van der Waals surface area contributed by atoms with Crippen LogP contribution < -0.4 is 9.47 Å². The van der Waals surface area contributed by atoms with E-state index in [9.17, 15) is 13.5 Å². The van der Waals surface area contributed by atoms with Gasteiger partial charge in [0.05, 0.1) is 18.9 Å². The van der Waals surface area contributed by atoms with Gasteiger partial charge in [0.25, 0.3) is 0 Å². The van der Waals surface area contributed by atoms with Crippen molar-refractivity contribution in [2.24, 2.45) is 5.92 Å². The Labute approximate surface area is 201 Å². The SMILES string of the molecule is COc1cc(O)c2c3c1O[C@H]1[C@H](N(C)S(=O)(=O)Cc4ccccc4)CC[C@H]4[C@@H](C2)N(C)CC[C@@]341. The minimum absolute atomic E-state index is 0.0301. The molecule has 1 saturated heterocycles. The Morgan fingerprint density at radius 1 is 1.26 bits per heavy atom. The summed E-state index contributed by atoms with van der Waals surface area (Å²) in [5.74, 6) is 1.82. The molecule has 5 atom stereocenters. The lowest BCUT2D eigenvalue weighted by atomic mass is 9.51. The quantitative estimate of drug-likeness (QED) is 0.703. The molecule has 2 bridgehead atoms. The molecule has 2 heterocycles. The molecule has 0 aromatic heterocycles. The second-order valence-electron chi connectivity index (χ2n) is 10.4. The maximum Gasteiger partial charge on any atom is 0.218 e. The van der Waals surface area contributed by atoms with Crippen molar-refractivity contribution in [1.82, 2.24) is 9.21 Å². The van der Waals surface area contributed by atoms with Gasteiger partial charge < -0.3 is 19.5 Å². The van der Waals surface area contributed by atoms with Crippen molar-refractivity contribution in [3.63, 3.8) is 0 Å². The summed E-state index contributed by atoms with van der Waals surface area (Å²) in [7, 11) is 1.91. The normalized spacial score (nSPS) is 31.8. The number of hydrogen-bond donors (Lipinski definition) is 1. The molecule has 4 aliphatic rings. The summed E-state index contributed by atoms with van der Waals surface area (Å²) < 4.78 is 40.9. The summed E-state index contributed by atoms with van der Waals surface area (Å²) in [5.41, 5.74) is 2.48. The molecule has 1 spiro atoms. The van der Waals surface area contributed by atoms with E-state index in [0.29, 0.717) is 23.5 Å². The highest BCUT2D eigenvalue weighted by atomic mass is 32.2. The van der Waals surface area contributed by atoms with E-state index < -0.39 is 10.0 Å². The average molecular weight is 485 g/mol. The van der Waals surface area contributed by atoms with E-state index in [0.717, 1.165) is 48.9 Å². The molecule has 7 nitrogen and oxygen atoms in total. The van der Waals surface area contributed by atoms with E-state index in [1.54, 1.807) is 24.5 Å². The van der Waals surface area contributed by atoms with Crippen LogP contribution in [0.5, 0.6) is 17.2 Å². The predicted octanol–water partition coefficient (Wildman–Crippen LogP) is 2.90. The number of likely N-dealkylation sites (tertiary alicyclic amines) is 1. The van der Waals surface area contributed by atoms with Gasteiger partial charge >= 0.3 is 0 Å². The van der Waals surface area contributed by atoms with Gasteiger partial charge in [-0.1, -0.05) is 30.3 Å². The molecular formula is C26H32N2O5S. The lowest BCUT2D eigenvalue weighted by Gasteiger charge is -2.59. The van der Waals surface area contributed by atoms with E-state index in [4.69, 9.17) is 9.47 Å². The lowest BCUT2D eigenvalue weighted by molar-refractivity contribution is -0.0676. The summed E-state index contributed by atoms with van der Waals surface area (Å²) >= 11 is 0. The number of rotatable bonds is 5. The second-order valence-corrected chi connectivity index (χ2v) is 12.4. The third-order valence-corrected chi connectivity index (χ3v) is 10.8. The van der Waals surface area contributed by atoms with Gasteiger partial charge in [-0.2, -0.15) is 4.31 Å². The topological polar surface area (TPSA) is 79.3 Å². The number of phenolic OH excluding ortho intramolecular Hbond substituents is 1. The minimum atomic E-state index is -3.55. The lowest BCUT2D eigenvalue weighted by Crippen LogP contribution is -2.68. The van der Waals surface area contributed by atoms with Gasteiger partial charge in [0.2, 0.25) is 10.0 Å². The van der Waals surface area contributed by atoms with Crippen LogP contribution >= 0.6 is 0 Å². The summed E-state index contributed by atoms with van der Waals surface area (Å²) in [6.07, 6.45) is 3.04. The number of benzene rings is 2. The standard InChI is InChI=1S/C26H32N2O5S/c1-27-12-11-26-18-9-10-19(28(2)34(30,31)15-16-7-5-4-6-8-16)25(26)33-24-22(32-3)14-21(29)17(23(24)26)13-20(18)27/h4-8,14,18-20,25,29H,9-13,15H2,1-3H3/t18-,19+,20+,25-,26-/m0/s1. The molecule has 2 aliphatic heterocycles. The Hall–Kier alpha value is -2.29. The molecule has 1 N–H and O–H groups in total. The van der Waals surface area contributed by atoms with E-state index in [-0.39, 0.29) is 29.1 Å². The average Bonchev–Trinajstić information content (AvgIpc) is 3.16. The molecule has 6 rings (SSSR count). The fourth-order valence-corrected chi connectivity index (χ4v) is 8.83. The van der Waals surface area contributed by atoms with Gasteiger partial charge in [-0.15, -0.1) is 0 Å². The van der Waals surface area contributed by atoms with Crippen LogP contribution in [-0.4, -0.2) is 68.7 Å². The number of methoxy groups -OCH3 is 1. The van der Waals surface area contributed by atoms with Gasteiger partial charge in [0, 0.05) is 35.7 Å². The summed E-state index contributed by atoms with van der Waals surface area (Å²) in [5, 5.41) is 10.9. The first kappa shape index (κ1) is 22.2. The highest BCUT2D eigenvalue weighted by Gasteiger charge is 2.67. The monoisotopic (exact) mass is 484 g/mol. The molecule has 2 aromatic carbocycles. The van der Waals surface area contributed by atoms with Crippen LogP contribution in [0.3, 0.4) is 0 Å². The van der Waals surface area contributed by atoms with Gasteiger partial charge in [0.15, 0.2) is 11.5 Å². The van der Waals surface area contributed by atoms with Crippen LogP contribution in [0.1, 0.15) is 36.0 Å². The van der Waals surface area contributed by atoms with Crippen LogP contribution in [0, 0.1) is 5.92 Å². The van der Waals surface area contributed by atoms with Crippen LogP contribution in [0.2, 0.25) is 0 Å². The molecule has 0 unspecified atom stereocenters. The fourth-order valence-electron chi connectivity index (χ4n) is 7.38. The highest BCUT2D eigenvalue weighted by Crippen LogP contribution is 2.65. The Balaban J connectivity index is 1.44. The number of sulfonamides is 1. The number of nitrogens with zero attached hydrogens (tertiary/aromatic N) is 2. The van der Waals surface area contributed by atoms with Gasteiger partial charge in [-0.05, 0) is 50.8 Å². The predicted molar refractivity (Wildman–Crippen MR) is 129 cm³/mol. The molecule has 34 heavy (non-hydrogen) atoms. The molecule has 2 aromatic rings. The summed E-state index contributed by atoms with van der Waals surface area (Å²) in [4.78, 5) is 2.41. The van der Waals surface area contributed by atoms with Crippen molar-refractivity contribution in [3.05, 3.63) is 53.1 Å². The number of ether oxygens (including phenoxy) is 2. The molecular weight excluding hydrogens is 452 g/mol. The fraction of sp³-hybridized carbons (Fsp3) is 0.538. The van der Waals surface area contributed by atoms with Crippen molar-refractivity contribution >= 4 is 10.0 Å². The smallest absolute Gasteiger partial charge is 0.218 e. The Morgan fingerprint density at radius 2 is 2.03 bits per heavy atom. The van der Waals surface area contributed by atoms with Gasteiger partial charge in [-0.25, -0.2) is 8.42 Å². The first-order chi connectivity index (χ1) is 16.3. The number of likely N-dealkylation sites (N-methyl/N-ethyl adjacent to an activating group) is 2. The number of aromatic hydroxyl groups is 1. The van der Waals surface area contributed by atoms with Crippen molar-refractivity contribution < 1.29 is 23.0 Å². The molecule has 182 valence electrons. The number of piperidine rings is 1. The molecule has 0 amide bonds. The molecule has 0 radical (unpaired) electrons. The van der Waals surface area contributed by atoms with E-state index in [1.807, 2.05) is 30.3 Å². The summed E-state index contributed by atoms with van der Waals surface area (Å²) in [6, 6.07) is 11.0. The van der Waals surface area contributed by atoms with Gasteiger partial charge in [0.1, 0.15) is 11.9 Å². The second kappa shape index (κ2) is 7.60. The molecule has 8 heteroatoms. The zero-order chi connectivity index (χ0) is 23.8. The first-order valence-corrected chi connectivity index (χ1v) is 13.7. The maximum absolute atomic E-state index is 13.5. The van der Waals surface area contributed by atoms with Crippen LogP contribution in [0.4, 0.5) is 0 Å². The number of phenols is 1. The summed E-state index contributed by atoms with van der Waals surface area (Å²) in [6.45, 7) is 0.922. The zero-order valence-electron chi connectivity index (χ0n) is 19.9. The van der Waals surface area contributed by atoms with Crippen LogP contribution in [-0.2, 0) is 27.6 Å². The minimum Gasteiger partial charge on any atom is -0.508 e. The van der Waals surface area contributed by atoms with E-state index >= 15 is 0 Å². The van der Waals surface area contributed by atoms with E-state index in [1.165, 1.54) is 0 Å². The van der Waals surface area contributed by atoms with Gasteiger partial charge in [-0.3, -0.25) is 0 Å². The van der Waals surface area contributed by atoms with Crippen molar-refractivity contribution in [2.75, 3.05) is 27.7 Å². The Morgan fingerprint density at radius 3 is 2.76 bits per heavy atom. The highest BCUT2D eigenvalue weighted by molar-refractivity contribution is 7.88. The van der Waals surface area contributed by atoms with Crippen molar-refractivity contribution in [1.29, 1.82) is 0 Å². The first-order valence-electron chi connectivity index (χ1n) is 12.1. The largest absolute Gasteiger partial charge is 0.508 e. The maximum atomic E-state index is 13.5. The van der Waals surface area contributed by atoms with Crippen molar-refractivity contribution in [3.8, 4) is 17.2 Å². The number of hydrogen-bond acceptors (Lipinski definition) is 6. The third kappa shape index (κ3) is 2.91. The molecule has 2 fully saturated rings. The van der Waals surface area contributed by atoms with E-state index in [2.05, 4.69) is 11.9 Å². The molecule has 1 saturated carbocycles. The zero-order valence-corrected chi connectivity index (χ0v) is 20.7. The Bertz CT molecular complexity index is 1230. The molecule has 2 aliphatic carbocycles. The third-order valence-electron chi connectivity index (χ3n) is 8.97. The van der Waals surface area contributed by atoms with Crippen molar-refractivity contribution in [2.45, 2.75) is 55.0 Å².